The van der Waals surface area contributed by atoms with E-state index in [1.54, 1.807) is 20.2 Å². The van der Waals surface area contributed by atoms with Gasteiger partial charge < -0.3 is 14.4 Å². The number of Topliss-reactive ketones (excluding diaryl/α,β-unsaturated/α-hetero) is 1. The van der Waals surface area contributed by atoms with Crippen LogP contribution in [0.1, 0.15) is 34.8 Å². The molecule has 2 aromatic rings. The van der Waals surface area contributed by atoms with Crippen molar-refractivity contribution in [3.05, 3.63) is 64.7 Å². The van der Waals surface area contributed by atoms with Crippen LogP contribution in [-0.4, -0.2) is 43.9 Å². The van der Waals surface area contributed by atoms with E-state index in [9.17, 15) is 9.59 Å². The molecule has 0 aromatic heterocycles. The SMILES string of the molecule is CCOc1cc(/C=C2\CCc3ccccc3C2=O)ccc1OCC(=O)N(C)C. The molecule has 0 aliphatic heterocycles. The van der Waals surface area contributed by atoms with Gasteiger partial charge in [-0.3, -0.25) is 9.59 Å². The number of nitrogens with zero attached hydrogens (tertiary/aromatic N) is 1. The molecule has 1 aliphatic carbocycles. The van der Waals surface area contributed by atoms with Gasteiger partial charge in [-0.25, -0.2) is 0 Å². The first kappa shape index (κ1) is 19.7. The molecule has 0 saturated heterocycles. The Hall–Kier alpha value is -3.08. The van der Waals surface area contributed by atoms with Crippen molar-refractivity contribution in [1.82, 2.24) is 4.90 Å². The number of benzene rings is 2. The Kier molecular flexibility index (Phi) is 6.14. The average Bonchev–Trinajstić information content (AvgIpc) is 2.69. The van der Waals surface area contributed by atoms with Crippen LogP contribution in [0.4, 0.5) is 0 Å². The molecule has 0 N–H and O–H groups in total. The fourth-order valence-corrected chi connectivity index (χ4v) is 3.13. The van der Waals surface area contributed by atoms with Crippen LogP contribution in [0, 0.1) is 0 Å². The number of amides is 1. The number of carbonyl (C=O) groups excluding carboxylic acids is 2. The summed E-state index contributed by atoms with van der Waals surface area (Å²) in [5.41, 5.74) is 3.55. The monoisotopic (exact) mass is 379 g/mol. The van der Waals surface area contributed by atoms with Gasteiger partial charge in [0.15, 0.2) is 23.9 Å². The molecular weight excluding hydrogens is 354 g/mol. The lowest BCUT2D eigenvalue weighted by atomic mass is 9.86. The summed E-state index contributed by atoms with van der Waals surface area (Å²) >= 11 is 0. The standard InChI is InChI=1S/C23H25NO4/c1-4-27-21-14-16(9-12-20(21)28-15-22(25)24(2)3)13-18-11-10-17-7-5-6-8-19(17)23(18)26/h5-9,12-14H,4,10-11,15H2,1-3H3/b18-13+. The van der Waals surface area contributed by atoms with Gasteiger partial charge in [-0.2, -0.15) is 0 Å². The minimum atomic E-state index is -0.125. The number of allylic oxidation sites excluding steroid dienone is 1. The van der Waals surface area contributed by atoms with Gasteiger partial charge in [0.05, 0.1) is 6.61 Å². The minimum absolute atomic E-state index is 0.0528. The van der Waals surface area contributed by atoms with Crippen LogP contribution < -0.4 is 9.47 Å². The van der Waals surface area contributed by atoms with Gasteiger partial charge in [0.2, 0.25) is 0 Å². The van der Waals surface area contributed by atoms with Crippen LogP contribution >= 0.6 is 0 Å². The molecule has 28 heavy (non-hydrogen) atoms. The largest absolute Gasteiger partial charge is 0.490 e. The predicted molar refractivity (Wildman–Crippen MR) is 109 cm³/mol. The van der Waals surface area contributed by atoms with Crippen molar-refractivity contribution in [1.29, 1.82) is 0 Å². The van der Waals surface area contributed by atoms with E-state index in [1.807, 2.05) is 49.4 Å². The summed E-state index contributed by atoms with van der Waals surface area (Å²) in [6.45, 7) is 2.31. The number of likely N-dealkylation sites (N-methyl/N-ethyl adjacent to an activating group) is 1. The van der Waals surface area contributed by atoms with E-state index >= 15 is 0 Å². The second-order valence-electron chi connectivity index (χ2n) is 6.87. The quantitative estimate of drug-likeness (QED) is 0.717. The average molecular weight is 379 g/mol. The molecule has 0 radical (unpaired) electrons. The van der Waals surface area contributed by atoms with E-state index in [4.69, 9.17) is 9.47 Å². The number of aryl methyl sites for hydroxylation is 1. The van der Waals surface area contributed by atoms with Crippen LogP contribution in [-0.2, 0) is 11.2 Å². The van der Waals surface area contributed by atoms with E-state index in [0.717, 1.165) is 35.1 Å². The summed E-state index contributed by atoms with van der Waals surface area (Å²) in [5.74, 6) is 1.03. The molecule has 0 saturated carbocycles. The van der Waals surface area contributed by atoms with E-state index < -0.39 is 0 Å². The zero-order valence-electron chi connectivity index (χ0n) is 16.5. The molecule has 0 atom stereocenters. The summed E-state index contributed by atoms with van der Waals surface area (Å²) in [4.78, 5) is 26.0. The lowest BCUT2D eigenvalue weighted by Crippen LogP contribution is -2.27. The molecule has 3 rings (SSSR count). The van der Waals surface area contributed by atoms with Crippen molar-refractivity contribution in [3.8, 4) is 11.5 Å². The fourth-order valence-electron chi connectivity index (χ4n) is 3.13. The number of rotatable bonds is 6. The first-order chi connectivity index (χ1) is 13.5. The molecule has 5 nitrogen and oxygen atoms in total. The molecular formula is C23H25NO4. The van der Waals surface area contributed by atoms with Crippen LogP contribution in [0.5, 0.6) is 11.5 Å². The highest BCUT2D eigenvalue weighted by Crippen LogP contribution is 2.31. The Balaban J connectivity index is 1.83. The van der Waals surface area contributed by atoms with Gasteiger partial charge in [0.25, 0.3) is 5.91 Å². The van der Waals surface area contributed by atoms with Crippen molar-refractivity contribution in [2.45, 2.75) is 19.8 Å². The van der Waals surface area contributed by atoms with Crippen molar-refractivity contribution < 1.29 is 19.1 Å². The molecule has 0 fully saturated rings. The first-order valence-electron chi connectivity index (χ1n) is 9.42. The van der Waals surface area contributed by atoms with Gasteiger partial charge in [-0.05, 0) is 49.1 Å². The molecule has 2 aromatic carbocycles. The van der Waals surface area contributed by atoms with Crippen molar-refractivity contribution >= 4 is 17.8 Å². The fraction of sp³-hybridized carbons (Fsp3) is 0.304. The highest BCUT2D eigenvalue weighted by molar-refractivity contribution is 6.13. The molecule has 1 aliphatic rings. The van der Waals surface area contributed by atoms with Crippen LogP contribution in [0.25, 0.3) is 6.08 Å². The maximum atomic E-state index is 12.8. The number of carbonyl (C=O) groups is 2. The van der Waals surface area contributed by atoms with Gasteiger partial charge in [-0.1, -0.05) is 30.3 Å². The Labute approximate surface area is 165 Å². The van der Waals surface area contributed by atoms with E-state index in [2.05, 4.69) is 0 Å². The van der Waals surface area contributed by atoms with Crippen molar-refractivity contribution in [3.63, 3.8) is 0 Å². The number of hydrogen-bond acceptors (Lipinski definition) is 4. The van der Waals surface area contributed by atoms with E-state index in [-0.39, 0.29) is 18.3 Å². The normalized spacial score (nSPS) is 14.5. The Morgan fingerprint density at radius 2 is 1.86 bits per heavy atom. The van der Waals surface area contributed by atoms with Crippen molar-refractivity contribution in [2.24, 2.45) is 0 Å². The summed E-state index contributed by atoms with van der Waals surface area (Å²) in [6.07, 6.45) is 3.49. The third kappa shape index (κ3) is 4.42. The van der Waals surface area contributed by atoms with Crippen LogP contribution in [0.2, 0.25) is 0 Å². The van der Waals surface area contributed by atoms with Crippen LogP contribution in [0.15, 0.2) is 48.0 Å². The lowest BCUT2D eigenvalue weighted by molar-refractivity contribution is -0.130. The smallest absolute Gasteiger partial charge is 0.259 e. The number of ketones is 1. The van der Waals surface area contributed by atoms with Gasteiger partial charge in [-0.15, -0.1) is 0 Å². The number of ether oxygens (including phenoxy) is 2. The van der Waals surface area contributed by atoms with Gasteiger partial charge in [0, 0.05) is 25.2 Å². The van der Waals surface area contributed by atoms with E-state index in [0.29, 0.717) is 18.1 Å². The maximum absolute atomic E-state index is 12.8. The second kappa shape index (κ2) is 8.74. The first-order valence-corrected chi connectivity index (χ1v) is 9.42. The minimum Gasteiger partial charge on any atom is -0.490 e. The zero-order chi connectivity index (χ0) is 20.1. The second-order valence-corrected chi connectivity index (χ2v) is 6.87. The lowest BCUT2D eigenvalue weighted by Gasteiger charge is -2.18. The van der Waals surface area contributed by atoms with Gasteiger partial charge in [0.1, 0.15) is 0 Å². The Morgan fingerprint density at radius 3 is 2.61 bits per heavy atom. The number of hydrogen-bond donors (Lipinski definition) is 0. The summed E-state index contributed by atoms with van der Waals surface area (Å²) < 4.78 is 11.3. The zero-order valence-corrected chi connectivity index (χ0v) is 16.5. The molecule has 0 unspecified atom stereocenters. The summed E-state index contributed by atoms with van der Waals surface area (Å²) in [6, 6.07) is 13.3. The Bertz CT molecular complexity index is 915. The topological polar surface area (TPSA) is 55.8 Å². The molecule has 0 heterocycles. The maximum Gasteiger partial charge on any atom is 0.259 e. The molecule has 1 amide bonds. The van der Waals surface area contributed by atoms with Crippen LogP contribution in [0.3, 0.4) is 0 Å². The number of fused-ring (bicyclic) bond motifs is 1. The van der Waals surface area contributed by atoms with Crippen molar-refractivity contribution in [2.75, 3.05) is 27.3 Å². The molecule has 5 heteroatoms. The third-order valence-electron chi connectivity index (χ3n) is 4.68. The van der Waals surface area contributed by atoms with E-state index in [1.165, 1.54) is 4.90 Å². The van der Waals surface area contributed by atoms with Gasteiger partial charge >= 0.3 is 0 Å². The highest BCUT2D eigenvalue weighted by Gasteiger charge is 2.21. The predicted octanol–water partition coefficient (Wildman–Crippen LogP) is 3.76. The molecule has 0 bridgehead atoms. The third-order valence-corrected chi connectivity index (χ3v) is 4.68. The molecule has 0 spiro atoms. The Morgan fingerprint density at radius 1 is 1.07 bits per heavy atom. The highest BCUT2D eigenvalue weighted by atomic mass is 16.5. The summed E-state index contributed by atoms with van der Waals surface area (Å²) in [5, 5.41) is 0. The summed E-state index contributed by atoms with van der Waals surface area (Å²) in [7, 11) is 3.37. The molecule has 146 valence electrons.